The third-order valence-electron chi connectivity index (χ3n) is 3.03. The largest absolute Gasteiger partial charge is 0.384 e. The number of hydrogen-bond donors (Lipinski definition) is 0. The molecule has 0 aromatic rings. The van der Waals surface area contributed by atoms with Gasteiger partial charge in [0.1, 0.15) is 5.78 Å². The topological polar surface area (TPSA) is 26.3 Å². The summed E-state index contributed by atoms with van der Waals surface area (Å²) in [6, 6.07) is 0. The highest BCUT2D eigenvalue weighted by Gasteiger charge is 2.34. The van der Waals surface area contributed by atoms with Crippen LogP contribution in [-0.2, 0) is 9.53 Å². The van der Waals surface area contributed by atoms with E-state index in [-0.39, 0.29) is 5.92 Å². The van der Waals surface area contributed by atoms with Crippen LogP contribution in [0.1, 0.15) is 26.7 Å². The molecule has 0 heterocycles. The van der Waals surface area contributed by atoms with E-state index in [1.807, 2.05) is 6.92 Å². The van der Waals surface area contributed by atoms with E-state index in [1.54, 1.807) is 7.11 Å². The zero-order chi connectivity index (χ0) is 9.14. The zero-order valence-electron chi connectivity index (χ0n) is 8.17. The number of ketones is 1. The van der Waals surface area contributed by atoms with Crippen LogP contribution in [0.2, 0.25) is 0 Å². The average Bonchev–Trinajstić information content (AvgIpc) is 2.34. The van der Waals surface area contributed by atoms with Gasteiger partial charge in [-0.2, -0.15) is 0 Å². The number of Topliss-reactive ketones (excluding diaryl/α,β-unsaturated/α-hetero) is 1. The second-order valence-electron chi connectivity index (χ2n) is 3.89. The first kappa shape index (κ1) is 9.72. The molecule has 2 nitrogen and oxygen atoms in total. The summed E-state index contributed by atoms with van der Waals surface area (Å²) in [6.07, 6.45) is 1.84. The molecule has 0 N–H and O–H groups in total. The van der Waals surface area contributed by atoms with E-state index >= 15 is 0 Å². The van der Waals surface area contributed by atoms with Gasteiger partial charge in [0.05, 0.1) is 0 Å². The Bertz CT molecular complexity index is 165. The van der Waals surface area contributed by atoms with Gasteiger partial charge < -0.3 is 4.74 Å². The van der Waals surface area contributed by atoms with Gasteiger partial charge in [0.25, 0.3) is 0 Å². The molecule has 3 atom stereocenters. The lowest BCUT2D eigenvalue weighted by Gasteiger charge is -2.21. The van der Waals surface area contributed by atoms with E-state index in [0.717, 1.165) is 19.4 Å². The molecule has 2 heteroatoms. The zero-order valence-corrected chi connectivity index (χ0v) is 8.17. The molecule has 1 aliphatic rings. The molecule has 0 bridgehead atoms. The third kappa shape index (κ3) is 1.86. The summed E-state index contributed by atoms with van der Waals surface area (Å²) in [4.78, 5) is 11.3. The van der Waals surface area contributed by atoms with E-state index < -0.39 is 0 Å². The van der Waals surface area contributed by atoms with Crippen LogP contribution in [0.25, 0.3) is 0 Å². The van der Waals surface area contributed by atoms with Crippen molar-refractivity contribution in [2.24, 2.45) is 17.8 Å². The number of rotatable bonds is 3. The molecule has 1 rings (SSSR count). The third-order valence-corrected chi connectivity index (χ3v) is 3.03. The highest BCUT2D eigenvalue weighted by Crippen LogP contribution is 2.34. The Labute approximate surface area is 74.3 Å². The maximum atomic E-state index is 11.3. The lowest BCUT2D eigenvalue weighted by Crippen LogP contribution is -2.21. The molecule has 12 heavy (non-hydrogen) atoms. The predicted molar refractivity (Wildman–Crippen MR) is 47.9 cm³/mol. The number of hydrogen-bond acceptors (Lipinski definition) is 2. The Kier molecular flexibility index (Phi) is 3.27. The minimum atomic E-state index is 0.259. The smallest absolute Gasteiger partial charge is 0.135 e. The average molecular weight is 170 g/mol. The summed E-state index contributed by atoms with van der Waals surface area (Å²) in [5, 5.41) is 0. The van der Waals surface area contributed by atoms with Gasteiger partial charge in [-0.1, -0.05) is 13.8 Å². The number of carbonyl (C=O) groups excluding carboxylic acids is 1. The minimum absolute atomic E-state index is 0.259. The normalized spacial score (nSPS) is 32.4. The minimum Gasteiger partial charge on any atom is -0.384 e. The second-order valence-corrected chi connectivity index (χ2v) is 3.89. The Morgan fingerprint density at radius 1 is 1.67 bits per heavy atom. The molecule has 0 spiro atoms. The van der Waals surface area contributed by atoms with Crippen LogP contribution in [0.5, 0.6) is 0 Å². The van der Waals surface area contributed by atoms with Crippen molar-refractivity contribution < 1.29 is 9.53 Å². The van der Waals surface area contributed by atoms with E-state index in [2.05, 4.69) is 6.92 Å². The number of ether oxygens (including phenoxy) is 1. The van der Waals surface area contributed by atoms with Crippen molar-refractivity contribution in [2.45, 2.75) is 26.7 Å². The van der Waals surface area contributed by atoms with Crippen molar-refractivity contribution in [3.63, 3.8) is 0 Å². The van der Waals surface area contributed by atoms with Gasteiger partial charge in [0.2, 0.25) is 0 Å². The lowest BCUT2D eigenvalue weighted by atomic mass is 9.86. The van der Waals surface area contributed by atoms with E-state index in [9.17, 15) is 4.79 Å². The molecule has 0 amide bonds. The molecule has 0 saturated heterocycles. The fourth-order valence-electron chi connectivity index (χ4n) is 2.19. The van der Waals surface area contributed by atoms with Crippen molar-refractivity contribution >= 4 is 5.78 Å². The summed E-state index contributed by atoms with van der Waals surface area (Å²) >= 11 is 0. The number of carbonyl (C=O) groups is 1. The first-order chi connectivity index (χ1) is 5.66. The van der Waals surface area contributed by atoms with Crippen molar-refractivity contribution in [3.8, 4) is 0 Å². The molecule has 1 aliphatic carbocycles. The Morgan fingerprint density at radius 2 is 2.33 bits per heavy atom. The van der Waals surface area contributed by atoms with Gasteiger partial charge in [-0.3, -0.25) is 4.79 Å². The molecule has 0 aromatic heterocycles. The van der Waals surface area contributed by atoms with Gasteiger partial charge in [0, 0.05) is 26.1 Å². The summed E-state index contributed by atoms with van der Waals surface area (Å²) in [5.74, 6) is 1.77. The molecule has 1 saturated carbocycles. The Balaban J connectivity index is 2.47. The fraction of sp³-hybridized carbons (Fsp3) is 0.900. The van der Waals surface area contributed by atoms with Crippen LogP contribution >= 0.6 is 0 Å². The maximum absolute atomic E-state index is 11.3. The first-order valence-electron chi connectivity index (χ1n) is 4.68. The molecule has 1 fully saturated rings. The SMILES string of the molecule is COCC(C)C1CCC(=O)C1C. The van der Waals surface area contributed by atoms with Crippen molar-refractivity contribution in [2.75, 3.05) is 13.7 Å². The van der Waals surface area contributed by atoms with Crippen LogP contribution in [-0.4, -0.2) is 19.5 Å². The van der Waals surface area contributed by atoms with Gasteiger partial charge in [-0.25, -0.2) is 0 Å². The standard InChI is InChI=1S/C10H18O2/c1-7(6-12-3)9-4-5-10(11)8(9)2/h7-9H,4-6H2,1-3H3. The highest BCUT2D eigenvalue weighted by atomic mass is 16.5. The Hall–Kier alpha value is -0.370. The Morgan fingerprint density at radius 3 is 2.75 bits per heavy atom. The first-order valence-corrected chi connectivity index (χ1v) is 4.68. The van der Waals surface area contributed by atoms with Gasteiger partial charge in [0.15, 0.2) is 0 Å². The molecule has 0 aromatic carbocycles. The van der Waals surface area contributed by atoms with Crippen LogP contribution in [0, 0.1) is 17.8 Å². The van der Waals surface area contributed by atoms with Crippen LogP contribution < -0.4 is 0 Å². The quantitative estimate of drug-likeness (QED) is 0.646. The highest BCUT2D eigenvalue weighted by molar-refractivity contribution is 5.83. The second kappa shape index (κ2) is 4.04. The van der Waals surface area contributed by atoms with E-state index in [0.29, 0.717) is 17.6 Å². The predicted octanol–water partition coefficient (Wildman–Crippen LogP) is 1.88. The monoisotopic (exact) mass is 170 g/mol. The molecule has 0 aliphatic heterocycles. The summed E-state index contributed by atoms with van der Waals surface area (Å²) in [7, 11) is 1.72. The molecule has 70 valence electrons. The van der Waals surface area contributed by atoms with Crippen LogP contribution in [0.3, 0.4) is 0 Å². The summed E-state index contributed by atoms with van der Waals surface area (Å²) in [5.41, 5.74) is 0. The molecule has 3 unspecified atom stereocenters. The van der Waals surface area contributed by atoms with Crippen molar-refractivity contribution in [1.82, 2.24) is 0 Å². The van der Waals surface area contributed by atoms with Crippen molar-refractivity contribution in [1.29, 1.82) is 0 Å². The van der Waals surface area contributed by atoms with Crippen LogP contribution in [0.15, 0.2) is 0 Å². The van der Waals surface area contributed by atoms with Gasteiger partial charge >= 0.3 is 0 Å². The molecule has 0 radical (unpaired) electrons. The lowest BCUT2D eigenvalue weighted by molar-refractivity contribution is -0.121. The summed E-state index contributed by atoms with van der Waals surface area (Å²) in [6.45, 7) is 5.00. The fourth-order valence-corrected chi connectivity index (χ4v) is 2.19. The van der Waals surface area contributed by atoms with Gasteiger partial charge in [-0.05, 0) is 18.3 Å². The molecular weight excluding hydrogens is 152 g/mol. The number of methoxy groups -OCH3 is 1. The maximum Gasteiger partial charge on any atom is 0.135 e. The van der Waals surface area contributed by atoms with Crippen molar-refractivity contribution in [3.05, 3.63) is 0 Å². The van der Waals surface area contributed by atoms with E-state index in [4.69, 9.17) is 4.74 Å². The molecular formula is C10H18O2. The van der Waals surface area contributed by atoms with E-state index in [1.165, 1.54) is 0 Å². The van der Waals surface area contributed by atoms with Gasteiger partial charge in [-0.15, -0.1) is 0 Å². The van der Waals surface area contributed by atoms with Crippen LogP contribution in [0.4, 0.5) is 0 Å². The summed E-state index contributed by atoms with van der Waals surface area (Å²) < 4.78 is 5.09.